The normalized spacial score (nSPS) is 11.1. The highest BCUT2D eigenvalue weighted by Crippen LogP contribution is 2.25. The van der Waals surface area contributed by atoms with Crippen LogP contribution >= 0.6 is 11.8 Å². The Morgan fingerprint density at radius 3 is 2.58 bits per heavy atom. The molecule has 3 rings (SSSR count). The van der Waals surface area contributed by atoms with Gasteiger partial charge in [-0.1, -0.05) is 20.3 Å². The van der Waals surface area contributed by atoms with Crippen LogP contribution in [0.25, 0.3) is 16.9 Å². The highest BCUT2D eigenvalue weighted by Gasteiger charge is 2.06. The van der Waals surface area contributed by atoms with Crippen LogP contribution in [0.1, 0.15) is 33.1 Å². The molecule has 3 nitrogen and oxygen atoms in total. The van der Waals surface area contributed by atoms with E-state index in [2.05, 4.69) is 54.9 Å². The Morgan fingerprint density at radius 1 is 1.00 bits per heavy atom. The van der Waals surface area contributed by atoms with Crippen LogP contribution < -0.4 is 4.74 Å². The Kier molecular flexibility index (Phi) is 5.81. The number of rotatable bonds is 8. The van der Waals surface area contributed by atoms with E-state index in [1.807, 2.05) is 23.9 Å². The fourth-order valence-electron chi connectivity index (χ4n) is 2.47. The van der Waals surface area contributed by atoms with Crippen molar-refractivity contribution in [1.82, 2.24) is 9.38 Å². The predicted molar refractivity (Wildman–Crippen MR) is 102 cm³/mol. The lowest BCUT2D eigenvalue weighted by Gasteiger charge is -2.04. The molecule has 1 aromatic carbocycles. The standard InChI is InChI=1S/C20H24N2OS/c1-3-5-13-24-18-10-11-20-21-19(15-22(20)14-18)16-6-8-17(9-7-16)23-12-4-2/h6-11,14-15H,3-5,12-13H2,1-2H3. The number of aromatic nitrogens is 2. The molecule has 0 unspecified atom stereocenters. The Hall–Kier alpha value is -1.94. The van der Waals surface area contributed by atoms with E-state index in [9.17, 15) is 0 Å². The Labute approximate surface area is 148 Å². The summed E-state index contributed by atoms with van der Waals surface area (Å²) in [6.45, 7) is 5.09. The second-order valence-corrected chi connectivity index (χ2v) is 7.00. The van der Waals surface area contributed by atoms with Crippen LogP contribution in [0.2, 0.25) is 0 Å². The first-order valence-electron chi connectivity index (χ1n) is 8.65. The maximum atomic E-state index is 5.64. The molecule has 0 radical (unpaired) electrons. The minimum Gasteiger partial charge on any atom is -0.494 e. The molecule has 126 valence electrons. The molecule has 0 spiro atoms. The molecule has 0 saturated heterocycles. The number of benzene rings is 1. The molecule has 0 fully saturated rings. The lowest BCUT2D eigenvalue weighted by Crippen LogP contribution is -1.94. The lowest BCUT2D eigenvalue weighted by molar-refractivity contribution is 0.317. The third-order valence-corrected chi connectivity index (χ3v) is 4.88. The summed E-state index contributed by atoms with van der Waals surface area (Å²) in [5.74, 6) is 2.09. The van der Waals surface area contributed by atoms with Crippen LogP contribution in [0.5, 0.6) is 5.75 Å². The van der Waals surface area contributed by atoms with Gasteiger partial charge >= 0.3 is 0 Å². The average Bonchev–Trinajstić information content (AvgIpc) is 3.04. The van der Waals surface area contributed by atoms with Gasteiger partial charge in [0.15, 0.2) is 0 Å². The molecule has 2 heterocycles. The van der Waals surface area contributed by atoms with Crippen LogP contribution in [0, 0.1) is 0 Å². The fourth-order valence-corrected chi connectivity index (χ4v) is 3.49. The van der Waals surface area contributed by atoms with E-state index >= 15 is 0 Å². The van der Waals surface area contributed by atoms with Crippen LogP contribution in [0.3, 0.4) is 0 Å². The van der Waals surface area contributed by atoms with Crippen molar-refractivity contribution < 1.29 is 4.74 Å². The minimum absolute atomic E-state index is 0.756. The molecule has 0 N–H and O–H groups in total. The topological polar surface area (TPSA) is 26.5 Å². The average molecular weight is 340 g/mol. The van der Waals surface area contributed by atoms with Gasteiger partial charge in [-0.2, -0.15) is 0 Å². The summed E-state index contributed by atoms with van der Waals surface area (Å²) in [7, 11) is 0. The molecule has 3 aromatic rings. The highest BCUT2D eigenvalue weighted by molar-refractivity contribution is 7.99. The number of imidazole rings is 1. The number of thioether (sulfide) groups is 1. The molecule has 0 atom stereocenters. The van der Waals surface area contributed by atoms with Gasteiger partial charge in [-0.05, 0) is 55.0 Å². The molecule has 0 amide bonds. The van der Waals surface area contributed by atoms with Gasteiger partial charge in [-0.25, -0.2) is 4.98 Å². The van der Waals surface area contributed by atoms with Gasteiger partial charge in [-0.3, -0.25) is 0 Å². The number of pyridine rings is 1. The SMILES string of the molecule is CCCCSc1ccc2nc(-c3ccc(OCCC)cc3)cn2c1. The van der Waals surface area contributed by atoms with Crippen LogP contribution in [-0.2, 0) is 0 Å². The molecular weight excluding hydrogens is 316 g/mol. The molecule has 0 aliphatic heterocycles. The third-order valence-electron chi connectivity index (χ3n) is 3.81. The molecule has 4 heteroatoms. The number of fused-ring (bicyclic) bond motifs is 1. The number of hydrogen-bond donors (Lipinski definition) is 0. The van der Waals surface area contributed by atoms with Gasteiger partial charge < -0.3 is 9.14 Å². The van der Waals surface area contributed by atoms with Gasteiger partial charge in [0.2, 0.25) is 0 Å². The number of ether oxygens (including phenoxy) is 1. The zero-order chi connectivity index (χ0) is 16.8. The second kappa shape index (κ2) is 8.25. The van der Waals surface area contributed by atoms with Crippen molar-refractivity contribution in [3.05, 3.63) is 48.8 Å². The third kappa shape index (κ3) is 4.12. The molecule has 24 heavy (non-hydrogen) atoms. The number of nitrogens with zero attached hydrogens (tertiary/aromatic N) is 2. The summed E-state index contributed by atoms with van der Waals surface area (Å²) in [4.78, 5) is 6.02. The van der Waals surface area contributed by atoms with E-state index in [4.69, 9.17) is 9.72 Å². The smallest absolute Gasteiger partial charge is 0.137 e. The molecule has 0 saturated carbocycles. The number of hydrogen-bond acceptors (Lipinski definition) is 3. The summed E-state index contributed by atoms with van der Waals surface area (Å²) in [6, 6.07) is 12.4. The summed E-state index contributed by atoms with van der Waals surface area (Å²) < 4.78 is 7.76. The second-order valence-electron chi connectivity index (χ2n) is 5.83. The van der Waals surface area contributed by atoms with Crippen molar-refractivity contribution in [3.8, 4) is 17.0 Å². The largest absolute Gasteiger partial charge is 0.494 e. The van der Waals surface area contributed by atoms with E-state index in [0.717, 1.165) is 35.7 Å². The Bertz CT molecular complexity index is 780. The van der Waals surface area contributed by atoms with Crippen molar-refractivity contribution in [3.63, 3.8) is 0 Å². The zero-order valence-corrected chi connectivity index (χ0v) is 15.2. The van der Waals surface area contributed by atoms with E-state index in [-0.39, 0.29) is 0 Å². The predicted octanol–water partition coefficient (Wildman–Crippen LogP) is 5.68. The summed E-state index contributed by atoms with van der Waals surface area (Å²) in [6.07, 6.45) is 7.78. The highest BCUT2D eigenvalue weighted by atomic mass is 32.2. The van der Waals surface area contributed by atoms with E-state index in [1.54, 1.807) is 0 Å². The van der Waals surface area contributed by atoms with E-state index < -0.39 is 0 Å². The first-order valence-corrected chi connectivity index (χ1v) is 9.63. The first kappa shape index (κ1) is 16.9. The molecule has 2 aromatic heterocycles. The van der Waals surface area contributed by atoms with E-state index in [1.165, 1.54) is 23.5 Å². The maximum Gasteiger partial charge on any atom is 0.137 e. The van der Waals surface area contributed by atoms with Gasteiger partial charge in [-0.15, -0.1) is 11.8 Å². The maximum absolute atomic E-state index is 5.64. The monoisotopic (exact) mass is 340 g/mol. The summed E-state index contributed by atoms with van der Waals surface area (Å²) in [5.41, 5.74) is 3.09. The van der Waals surface area contributed by atoms with Crippen molar-refractivity contribution in [2.45, 2.75) is 38.0 Å². The molecule has 0 aliphatic rings. The van der Waals surface area contributed by atoms with Gasteiger partial charge in [0.25, 0.3) is 0 Å². The number of unbranched alkanes of at least 4 members (excludes halogenated alkanes) is 1. The molecular formula is C20H24N2OS. The quantitative estimate of drug-likeness (QED) is 0.390. The lowest BCUT2D eigenvalue weighted by atomic mass is 10.2. The van der Waals surface area contributed by atoms with Gasteiger partial charge in [0.05, 0.1) is 12.3 Å². The molecule has 0 bridgehead atoms. The van der Waals surface area contributed by atoms with E-state index in [0.29, 0.717) is 0 Å². The fraction of sp³-hybridized carbons (Fsp3) is 0.350. The minimum atomic E-state index is 0.756. The Morgan fingerprint density at radius 2 is 1.83 bits per heavy atom. The molecule has 0 aliphatic carbocycles. The Balaban J connectivity index is 1.77. The summed E-state index contributed by atoms with van der Waals surface area (Å²) >= 11 is 1.91. The summed E-state index contributed by atoms with van der Waals surface area (Å²) in [5, 5.41) is 0. The van der Waals surface area contributed by atoms with Crippen molar-refractivity contribution in [2.75, 3.05) is 12.4 Å². The van der Waals surface area contributed by atoms with Crippen molar-refractivity contribution in [2.24, 2.45) is 0 Å². The van der Waals surface area contributed by atoms with Crippen molar-refractivity contribution >= 4 is 17.4 Å². The zero-order valence-electron chi connectivity index (χ0n) is 14.4. The van der Waals surface area contributed by atoms with Crippen molar-refractivity contribution in [1.29, 1.82) is 0 Å². The van der Waals surface area contributed by atoms with Gasteiger partial charge in [0.1, 0.15) is 11.4 Å². The van der Waals surface area contributed by atoms with Crippen LogP contribution in [0.4, 0.5) is 0 Å². The van der Waals surface area contributed by atoms with Crippen LogP contribution in [0.15, 0.2) is 53.7 Å². The van der Waals surface area contributed by atoms with Gasteiger partial charge in [0, 0.05) is 22.9 Å². The van der Waals surface area contributed by atoms with Crippen LogP contribution in [-0.4, -0.2) is 21.7 Å². The first-order chi connectivity index (χ1) is 11.8.